The fourth-order valence-corrected chi connectivity index (χ4v) is 1.57. The summed E-state index contributed by atoms with van der Waals surface area (Å²) < 4.78 is 0. The molecule has 2 aromatic rings. The third-order valence-electron chi connectivity index (χ3n) is 2.55. The fourth-order valence-electron chi connectivity index (χ4n) is 1.57. The van der Waals surface area contributed by atoms with E-state index in [0.29, 0.717) is 18.5 Å². The highest BCUT2D eigenvalue weighted by Gasteiger charge is 2.06. The Morgan fingerprint density at radius 3 is 3.18 bits per heavy atom. The summed E-state index contributed by atoms with van der Waals surface area (Å²) in [4.78, 5) is 11.8. The van der Waals surface area contributed by atoms with Crippen LogP contribution in [0.15, 0.2) is 24.4 Å². The van der Waals surface area contributed by atoms with Crippen LogP contribution in [0.4, 0.5) is 0 Å². The van der Waals surface area contributed by atoms with Crippen molar-refractivity contribution in [3.05, 3.63) is 30.0 Å². The van der Waals surface area contributed by atoms with Crippen molar-refractivity contribution in [3.63, 3.8) is 0 Å². The smallest absolute Gasteiger partial charge is 0.251 e. The molecular formula is C12H15N3O2. The molecule has 0 bridgehead atoms. The molecule has 0 aliphatic carbocycles. The SMILES string of the molecule is CC(O)CCNC(=O)c1ccc2cn[nH]c2c1. The first-order valence-electron chi connectivity index (χ1n) is 5.56. The molecule has 1 unspecified atom stereocenters. The molecule has 0 aliphatic rings. The molecule has 1 amide bonds. The van der Waals surface area contributed by atoms with Crippen LogP contribution >= 0.6 is 0 Å². The Balaban J connectivity index is 2.03. The Hall–Kier alpha value is -1.88. The fraction of sp³-hybridized carbons (Fsp3) is 0.333. The van der Waals surface area contributed by atoms with E-state index in [0.717, 1.165) is 10.9 Å². The zero-order valence-electron chi connectivity index (χ0n) is 9.60. The van der Waals surface area contributed by atoms with Gasteiger partial charge >= 0.3 is 0 Å². The van der Waals surface area contributed by atoms with Gasteiger partial charge in [-0.15, -0.1) is 0 Å². The van der Waals surface area contributed by atoms with Crippen LogP contribution < -0.4 is 5.32 Å². The minimum atomic E-state index is -0.398. The number of hydrogen-bond donors (Lipinski definition) is 3. The van der Waals surface area contributed by atoms with Gasteiger partial charge in [0.25, 0.3) is 5.91 Å². The van der Waals surface area contributed by atoms with Gasteiger partial charge in [0.05, 0.1) is 17.8 Å². The van der Waals surface area contributed by atoms with Crippen LogP contribution in [0, 0.1) is 0 Å². The highest BCUT2D eigenvalue weighted by Crippen LogP contribution is 2.12. The van der Waals surface area contributed by atoms with Gasteiger partial charge in [0.15, 0.2) is 0 Å². The molecule has 17 heavy (non-hydrogen) atoms. The molecule has 5 nitrogen and oxygen atoms in total. The van der Waals surface area contributed by atoms with Crippen molar-refractivity contribution in [2.24, 2.45) is 0 Å². The van der Waals surface area contributed by atoms with E-state index in [1.807, 2.05) is 6.07 Å². The van der Waals surface area contributed by atoms with Gasteiger partial charge in [0.2, 0.25) is 0 Å². The Kier molecular flexibility index (Phi) is 3.39. The standard InChI is InChI=1S/C12H15N3O2/c1-8(16)4-5-13-12(17)9-2-3-10-7-14-15-11(10)6-9/h2-3,6-8,16H,4-5H2,1H3,(H,13,17)(H,14,15). The Morgan fingerprint density at radius 1 is 1.59 bits per heavy atom. The number of carbonyl (C=O) groups is 1. The molecule has 3 N–H and O–H groups in total. The third-order valence-corrected chi connectivity index (χ3v) is 2.55. The molecule has 0 aliphatic heterocycles. The third kappa shape index (κ3) is 2.82. The number of carbonyl (C=O) groups excluding carboxylic acids is 1. The van der Waals surface area contributed by atoms with Gasteiger partial charge in [-0.2, -0.15) is 5.10 Å². The summed E-state index contributed by atoms with van der Waals surface area (Å²) in [6.45, 7) is 2.17. The molecule has 0 spiro atoms. The number of aromatic amines is 1. The summed E-state index contributed by atoms with van der Waals surface area (Å²) in [5.74, 6) is -0.137. The maximum absolute atomic E-state index is 11.8. The second kappa shape index (κ2) is 4.97. The highest BCUT2D eigenvalue weighted by atomic mass is 16.3. The zero-order valence-corrected chi connectivity index (χ0v) is 9.60. The van der Waals surface area contributed by atoms with E-state index < -0.39 is 6.10 Å². The second-order valence-electron chi connectivity index (χ2n) is 4.07. The molecular weight excluding hydrogens is 218 g/mol. The van der Waals surface area contributed by atoms with Crippen LogP contribution in [0.2, 0.25) is 0 Å². The second-order valence-corrected chi connectivity index (χ2v) is 4.07. The zero-order chi connectivity index (χ0) is 12.3. The quantitative estimate of drug-likeness (QED) is 0.739. The van der Waals surface area contributed by atoms with E-state index in [1.54, 1.807) is 25.3 Å². The number of rotatable bonds is 4. The van der Waals surface area contributed by atoms with Gasteiger partial charge in [-0.05, 0) is 25.5 Å². The number of aromatic nitrogens is 2. The topological polar surface area (TPSA) is 78.0 Å². The maximum atomic E-state index is 11.8. The number of aliphatic hydroxyl groups is 1. The molecule has 5 heteroatoms. The molecule has 1 heterocycles. The lowest BCUT2D eigenvalue weighted by Crippen LogP contribution is -2.26. The molecule has 1 aromatic heterocycles. The summed E-state index contributed by atoms with van der Waals surface area (Å²) in [5.41, 5.74) is 1.43. The summed E-state index contributed by atoms with van der Waals surface area (Å²) in [6, 6.07) is 5.37. The van der Waals surface area contributed by atoms with E-state index in [1.165, 1.54) is 0 Å². The lowest BCUT2D eigenvalue weighted by molar-refractivity contribution is 0.0945. The molecule has 2 rings (SSSR count). The predicted molar refractivity (Wildman–Crippen MR) is 64.7 cm³/mol. The van der Waals surface area contributed by atoms with Gasteiger partial charge in [0, 0.05) is 17.5 Å². The summed E-state index contributed by atoms with van der Waals surface area (Å²) >= 11 is 0. The summed E-state index contributed by atoms with van der Waals surface area (Å²) in [7, 11) is 0. The van der Waals surface area contributed by atoms with Gasteiger partial charge in [0.1, 0.15) is 0 Å². The number of fused-ring (bicyclic) bond motifs is 1. The first-order chi connectivity index (χ1) is 8.16. The lowest BCUT2D eigenvalue weighted by atomic mass is 10.1. The molecule has 1 aromatic carbocycles. The predicted octanol–water partition coefficient (Wildman–Crippen LogP) is 1.06. The lowest BCUT2D eigenvalue weighted by Gasteiger charge is -2.06. The number of nitrogens with zero attached hydrogens (tertiary/aromatic N) is 1. The monoisotopic (exact) mass is 233 g/mol. The summed E-state index contributed by atoms with van der Waals surface area (Å²) in [6.07, 6.45) is 1.87. The van der Waals surface area contributed by atoms with Crippen LogP contribution in [0.5, 0.6) is 0 Å². The number of nitrogens with one attached hydrogen (secondary N) is 2. The van der Waals surface area contributed by atoms with Gasteiger partial charge < -0.3 is 10.4 Å². The van der Waals surface area contributed by atoms with Gasteiger partial charge in [-0.25, -0.2) is 0 Å². The van der Waals surface area contributed by atoms with Crippen LogP contribution in [-0.4, -0.2) is 33.9 Å². The first kappa shape index (κ1) is 11.6. The number of aliphatic hydroxyl groups excluding tert-OH is 1. The Bertz CT molecular complexity index is 519. The normalized spacial score (nSPS) is 12.6. The van der Waals surface area contributed by atoms with Crippen molar-refractivity contribution < 1.29 is 9.90 Å². The average Bonchev–Trinajstić information content (AvgIpc) is 2.75. The van der Waals surface area contributed by atoms with Crippen molar-refractivity contribution >= 4 is 16.8 Å². The Labute approximate surface area is 98.8 Å². The molecule has 0 saturated heterocycles. The number of amides is 1. The van der Waals surface area contributed by atoms with Crippen molar-refractivity contribution in [2.45, 2.75) is 19.4 Å². The average molecular weight is 233 g/mol. The van der Waals surface area contributed by atoms with E-state index >= 15 is 0 Å². The minimum Gasteiger partial charge on any atom is -0.393 e. The maximum Gasteiger partial charge on any atom is 0.251 e. The van der Waals surface area contributed by atoms with Crippen molar-refractivity contribution in [3.8, 4) is 0 Å². The molecule has 0 radical (unpaired) electrons. The number of hydrogen-bond acceptors (Lipinski definition) is 3. The van der Waals surface area contributed by atoms with E-state index in [9.17, 15) is 4.79 Å². The van der Waals surface area contributed by atoms with E-state index in [4.69, 9.17) is 5.11 Å². The molecule has 1 atom stereocenters. The number of H-pyrrole nitrogens is 1. The number of benzene rings is 1. The molecule has 0 fully saturated rings. The molecule has 90 valence electrons. The first-order valence-corrected chi connectivity index (χ1v) is 5.56. The van der Waals surface area contributed by atoms with Crippen molar-refractivity contribution in [2.75, 3.05) is 6.54 Å². The van der Waals surface area contributed by atoms with Crippen molar-refractivity contribution in [1.29, 1.82) is 0 Å². The van der Waals surface area contributed by atoms with Crippen LogP contribution in [0.3, 0.4) is 0 Å². The largest absolute Gasteiger partial charge is 0.393 e. The van der Waals surface area contributed by atoms with Crippen LogP contribution in [0.25, 0.3) is 10.9 Å². The van der Waals surface area contributed by atoms with Gasteiger partial charge in [-0.3, -0.25) is 9.89 Å². The van der Waals surface area contributed by atoms with E-state index in [2.05, 4.69) is 15.5 Å². The van der Waals surface area contributed by atoms with Crippen LogP contribution in [0.1, 0.15) is 23.7 Å². The Morgan fingerprint density at radius 2 is 2.41 bits per heavy atom. The van der Waals surface area contributed by atoms with Gasteiger partial charge in [-0.1, -0.05) is 6.07 Å². The van der Waals surface area contributed by atoms with Crippen molar-refractivity contribution in [1.82, 2.24) is 15.5 Å². The minimum absolute atomic E-state index is 0.137. The van der Waals surface area contributed by atoms with E-state index in [-0.39, 0.29) is 5.91 Å². The molecule has 0 saturated carbocycles. The summed E-state index contributed by atoms with van der Waals surface area (Å²) in [5, 5.41) is 19.5. The van der Waals surface area contributed by atoms with Crippen LogP contribution in [-0.2, 0) is 0 Å². The highest BCUT2D eigenvalue weighted by molar-refractivity contribution is 5.97.